The van der Waals surface area contributed by atoms with Crippen molar-refractivity contribution < 1.29 is 14.3 Å². The molecule has 116 valence electrons. The van der Waals surface area contributed by atoms with Gasteiger partial charge in [0.1, 0.15) is 0 Å². The molecule has 5 nitrogen and oxygen atoms in total. The van der Waals surface area contributed by atoms with Gasteiger partial charge in [-0.05, 0) is 43.0 Å². The summed E-state index contributed by atoms with van der Waals surface area (Å²) in [6.45, 7) is 4.98. The van der Waals surface area contributed by atoms with E-state index in [4.69, 9.17) is 15.2 Å². The minimum Gasteiger partial charge on any atom is -0.493 e. The summed E-state index contributed by atoms with van der Waals surface area (Å²) >= 11 is 0. The highest BCUT2D eigenvalue weighted by Crippen LogP contribution is 2.33. The standard InChI is InChI=1S/C16H24N2O3/c1-5-16(2,17)15(19)18-7-6-11-8-13(20-3)14(21-4)9-12(11)10-18/h8-9H,5-7,10,17H2,1-4H3. The molecule has 2 rings (SSSR count). The minimum absolute atomic E-state index is 0.00503. The van der Waals surface area contributed by atoms with Crippen molar-refractivity contribution in [2.75, 3.05) is 20.8 Å². The average Bonchev–Trinajstić information content (AvgIpc) is 2.51. The second kappa shape index (κ2) is 5.93. The lowest BCUT2D eigenvalue weighted by Gasteiger charge is -2.35. The number of ether oxygens (including phenoxy) is 2. The lowest BCUT2D eigenvalue weighted by atomic mass is 9.94. The molecular weight excluding hydrogens is 268 g/mol. The van der Waals surface area contributed by atoms with Crippen molar-refractivity contribution in [3.05, 3.63) is 23.3 Å². The maximum atomic E-state index is 12.5. The van der Waals surface area contributed by atoms with Gasteiger partial charge in [-0.1, -0.05) is 6.92 Å². The number of hydrogen-bond acceptors (Lipinski definition) is 4. The molecule has 0 bridgehead atoms. The van der Waals surface area contributed by atoms with Crippen LogP contribution in [0.2, 0.25) is 0 Å². The number of carbonyl (C=O) groups is 1. The third-order valence-corrected chi connectivity index (χ3v) is 4.23. The smallest absolute Gasteiger partial charge is 0.242 e. The zero-order valence-corrected chi connectivity index (χ0v) is 13.2. The maximum absolute atomic E-state index is 12.5. The number of carbonyl (C=O) groups excluding carboxylic acids is 1. The molecule has 0 spiro atoms. The first-order valence-corrected chi connectivity index (χ1v) is 7.25. The van der Waals surface area contributed by atoms with Crippen molar-refractivity contribution in [3.8, 4) is 11.5 Å². The lowest BCUT2D eigenvalue weighted by Crippen LogP contribution is -2.53. The highest BCUT2D eigenvalue weighted by atomic mass is 16.5. The van der Waals surface area contributed by atoms with Gasteiger partial charge in [0.15, 0.2) is 11.5 Å². The van der Waals surface area contributed by atoms with Gasteiger partial charge in [-0.25, -0.2) is 0 Å². The summed E-state index contributed by atoms with van der Waals surface area (Å²) in [6, 6.07) is 3.95. The topological polar surface area (TPSA) is 64.8 Å². The first-order valence-electron chi connectivity index (χ1n) is 7.25. The Kier molecular flexibility index (Phi) is 4.42. The number of hydrogen-bond donors (Lipinski definition) is 1. The van der Waals surface area contributed by atoms with E-state index < -0.39 is 5.54 Å². The predicted molar refractivity (Wildman–Crippen MR) is 81.6 cm³/mol. The Hall–Kier alpha value is -1.75. The number of nitrogens with two attached hydrogens (primary N) is 1. The third-order valence-electron chi connectivity index (χ3n) is 4.23. The number of rotatable bonds is 4. The van der Waals surface area contributed by atoms with E-state index in [9.17, 15) is 4.79 Å². The number of amides is 1. The molecule has 1 amide bonds. The summed E-state index contributed by atoms with van der Waals surface area (Å²) in [7, 11) is 3.24. The molecule has 0 radical (unpaired) electrons. The molecule has 2 N–H and O–H groups in total. The van der Waals surface area contributed by atoms with Crippen LogP contribution in [-0.2, 0) is 17.8 Å². The number of benzene rings is 1. The molecule has 5 heteroatoms. The van der Waals surface area contributed by atoms with Crippen molar-refractivity contribution in [3.63, 3.8) is 0 Å². The van der Waals surface area contributed by atoms with Gasteiger partial charge < -0.3 is 20.1 Å². The van der Waals surface area contributed by atoms with E-state index in [0.29, 0.717) is 25.3 Å². The predicted octanol–water partition coefficient (Wildman–Crippen LogP) is 1.72. The fourth-order valence-electron chi connectivity index (χ4n) is 2.57. The Morgan fingerprint density at radius 2 is 1.86 bits per heavy atom. The van der Waals surface area contributed by atoms with Crippen molar-refractivity contribution >= 4 is 5.91 Å². The molecule has 1 aromatic carbocycles. The normalized spacial score (nSPS) is 16.9. The van der Waals surface area contributed by atoms with Crippen LogP contribution in [0.4, 0.5) is 0 Å². The highest BCUT2D eigenvalue weighted by molar-refractivity contribution is 5.85. The molecule has 0 saturated heterocycles. The van der Waals surface area contributed by atoms with Crippen molar-refractivity contribution in [2.45, 2.75) is 38.8 Å². The van der Waals surface area contributed by atoms with Gasteiger partial charge in [-0.15, -0.1) is 0 Å². The molecular formula is C16H24N2O3. The first-order chi connectivity index (χ1) is 9.92. The molecule has 1 unspecified atom stereocenters. The summed E-state index contributed by atoms with van der Waals surface area (Å²) in [5.41, 5.74) is 7.58. The van der Waals surface area contributed by atoms with Gasteiger partial charge in [-0.3, -0.25) is 4.79 Å². The monoisotopic (exact) mass is 292 g/mol. The average molecular weight is 292 g/mol. The summed E-state index contributed by atoms with van der Waals surface area (Å²) < 4.78 is 10.7. The minimum atomic E-state index is -0.798. The van der Waals surface area contributed by atoms with Gasteiger partial charge in [-0.2, -0.15) is 0 Å². The molecule has 0 fully saturated rings. The zero-order valence-electron chi connectivity index (χ0n) is 13.2. The lowest BCUT2D eigenvalue weighted by molar-refractivity contribution is -0.137. The largest absolute Gasteiger partial charge is 0.493 e. The van der Waals surface area contributed by atoms with Crippen LogP contribution >= 0.6 is 0 Å². The second-order valence-electron chi connectivity index (χ2n) is 5.72. The Morgan fingerprint density at radius 1 is 1.29 bits per heavy atom. The van der Waals surface area contributed by atoms with Gasteiger partial charge >= 0.3 is 0 Å². The van der Waals surface area contributed by atoms with E-state index in [0.717, 1.165) is 17.7 Å². The molecule has 1 aliphatic rings. The summed E-state index contributed by atoms with van der Waals surface area (Å²) in [5, 5.41) is 0. The fourth-order valence-corrected chi connectivity index (χ4v) is 2.57. The Bertz CT molecular complexity index is 541. The maximum Gasteiger partial charge on any atom is 0.242 e. The summed E-state index contributed by atoms with van der Waals surface area (Å²) in [6.07, 6.45) is 1.43. The van der Waals surface area contributed by atoms with Crippen LogP contribution < -0.4 is 15.2 Å². The Balaban J connectivity index is 2.26. The van der Waals surface area contributed by atoms with Crippen LogP contribution in [0.25, 0.3) is 0 Å². The SMILES string of the molecule is CCC(C)(N)C(=O)N1CCc2cc(OC)c(OC)cc2C1. The van der Waals surface area contributed by atoms with E-state index in [1.165, 1.54) is 5.56 Å². The quantitative estimate of drug-likeness (QED) is 0.917. The summed E-state index contributed by atoms with van der Waals surface area (Å²) in [4.78, 5) is 14.3. The van der Waals surface area contributed by atoms with Gasteiger partial charge in [0.05, 0.1) is 19.8 Å². The molecule has 1 atom stereocenters. The summed E-state index contributed by atoms with van der Waals surface area (Å²) in [5.74, 6) is 1.43. The van der Waals surface area contributed by atoms with E-state index in [-0.39, 0.29) is 5.91 Å². The molecule has 0 aromatic heterocycles. The Labute approximate surface area is 126 Å². The Morgan fingerprint density at radius 3 is 2.38 bits per heavy atom. The first kappa shape index (κ1) is 15.6. The third kappa shape index (κ3) is 2.97. The van der Waals surface area contributed by atoms with E-state index in [1.807, 2.05) is 24.0 Å². The van der Waals surface area contributed by atoms with Gasteiger partial charge in [0.2, 0.25) is 5.91 Å². The number of fused-ring (bicyclic) bond motifs is 1. The molecule has 1 aliphatic heterocycles. The van der Waals surface area contributed by atoms with E-state index in [2.05, 4.69) is 0 Å². The van der Waals surface area contributed by atoms with Gasteiger partial charge in [0.25, 0.3) is 0 Å². The molecule has 1 heterocycles. The van der Waals surface area contributed by atoms with E-state index >= 15 is 0 Å². The second-order valence-corrected chi connectivity index (χ2v) is 5.72. The van der Waals surface area contributed by atoms with Crippen molar-refractivity contribution in [2.24, 2.45) is 5.73 Å². The zero-order chi connectivity index (χ0) is 15.6. The highest BCUT2D eigenvalue weighted by Gasteiger charge is 2.33. The van der Waals surface area contributed by atoms with Gasteiger partial charge in [0, 0.05) is 13.1 Å². The van der Waals surface area contributed by atoms with E-state index in [1.54, 1.807) is 21.1 Å². The fraction of sp³-hybridized carbons (Fsp3) is 0.562. The molecule has 1 aromatic rings. The van der Waals surface area contributed by atoms with Crippen LogP contribution in [0.3, 0.4) is 0 Å². The molecule has 0 saturated carbocycles. The number of methoxy groups -OCH3 is 2. The molecule has 21 heavy (non-hydrogen) atoms. The van der Waals surface area contributed by atoms with Crippen molar-refractivity contribution in [1.82, 2.24) is 4.90 Å². The van der Waals surface area contributed by atoms with Crippen LogP contribution in [0.5, 0.6) is 11.5 Å². The van der Waals surface area contributed by atoms with Crippen LogP contribution in [0.1, 0.15) is 31.4 Å². The number of nitrogens with zero attached hydrogens (tertiary/aromatic N) is 1. The van der Waals surface area contributed by atoms with Crippen LogP contribution in [0, 0.1) is 0 Å². The molecule has 0 aliphatic carbocycles. The van der Waals surface area contributed by atoms with Crippen LogP contribution in [0.15, 0.2) is 12.1 Å². The van der Waals surface area contributed by atoms with Crippen LogP contribution in [-0.4, -0.2) is 37.1 Å². The van der Waals surface area contributed by atoms with Crippen molar-refractivity contribution in [1.29, 1.82) is 0 Å².